The minimum atomic E-state index is -0.198. The van der Waals surface area contributed by atoms with Crippen LogP contribution in [0.1, 0.15) is 35.9 Å². The second kappa shape index (κ2) is 11.1. The number of nitrogens with zero attached hydrogens (tertiary/aromatic N) is 4. The third kappa shape index (κ3) is 5.58. The molecule has 1 aromatic carbocycles. The summed E-state index contributed by atoms with van der Waals surface area (Å²) in [4.78, 5) is 17.1. The van der Waals surface area contributed by atoms with E-state index in [-0.39, 0.29) is 11.5 Å². The summed E-state index contributed by atoms with van der Waals surface area (Å²) in [5, 5.41) is 9.70. The molecule has 0 bridgehead atoms. The summed E-state index contributed by atoms with van der Waals surface area (Å²) < 4.78 is 13.1. The Hall–Kier alpha value is -3.24. The van der Waals surface area contributed by atoms with Crippen molar-refractivity contribution in [3.8, 4) is 17.6 Å². The maximum absolute atomic E-state index is 13.1. The molecule has 176 valence electrons. The van der Waals surface area contributed by atoms with Crippen molar-refractivity contribution >= 4 is 12.0 Å². The summed E-state index contributed by atoms with van der Waals surface area (Å²) in [7, 11) is 3.31. The van der Waals surface area contributed by atoms with Gasteiger partial charge < -0.3 is 18.9 Å². The molecule has 0 aliphatic carbocycles. The van der Waals surface area contributed by atoms with Crippen molar-refractivity contribution in [2.24, 2.45) is 0 Å². The minimum Gasteiger partial charge on any atom is -0.497 e. The minimum absolute atomic E-state index is 0.190. The fourth-order valence-corrected chi connectivity index (χ4v) is 4.36. The molecule has 0 atom stereocenters. The number of nitriles is 1. The van der Waals surface area contributed by atoms with Crippen LogP contribution in [0.3, 0.4) is 0 Å². The molecule has 2 heterocycles. The Labute approximate surface area is 196 Å². The number of carbonyl (C=O) groups excluding carboxylic acids is 1. The predicted molar refractivity (Wildman–Crippen MR) is 129 cm³/mol. The molecule has 33 heavy (non-hydrogen) atoms. The van der Waals surface area contributed by atoms with Crippen LogP contribution in [-0.2, 0) is 17.9 Å². The fraction of sp³-hybridized carbons (Fsp3) is 0.462. The molecule has 0 saturated carbocycles. The third-order valence-electron chi connectivity index (χ3n) is 6.25. The molecule has 2 aromatic rings. The Morgan fingerprint density at radius 2 is 1.85 bits per heavy atom. The highest BCUT2D eigenvalue weighted by atomic mass is 16.5. The number of hydrogen-bond acceptors (Lipinski definition) is 5. The normalized spacial score (nSPS) is 14.8. The standard InChI is InChI=1S/C26H34N4O3/c1-6-9-30-19(2)14-21(20(30)3)15-22(17-27)26(31)29-12-10-28(11-13-29)18-23-16-24(32-4)7-8-25(23)33-5/h7-8,14-16H,6,9-13,18H2,1-5H3/b22-15+. The maximum Gasteiger partial charge on any atom is 0.264 e. The Morgan fingerprint density at radius 1 is 1.12 bits per heavy atom. The number of rotatable bonds is 8. The quantitative estimate of drug-likeness (QED) is 0.452. The van der Waals surface area contributed by atoms with Crippen molar-refractivity contribution in [2.45, 2.75) is 40.3 Å². The van der Waals surface area contributed by atoms with E-state index in [4.69, 9.17) is 9.47 Å². The number of amides is 1. The third-order valence-corrected chi connectivity index (χ3v) is 6.25. The average Bonchev–Trinajstić information content (AvgIpc) is 3.10. The van der Waals surface area contributed by atoms with Gasteiger partial charge in [0.25, 0.3) is 5.91 Å². The summed E-state index contributed by atoms with van der Waals surface area (Å²) in [6.45, 7) is 10.5. The fourth-order valence-electron chi connectivity index (χ4n) is 4.36. The molecule has 1 aromatic heterocycles. The van der Waals surface area contributed by atoms with Gasteiger partial charge in [0.2, 0.25) is 0 Å². The maximum atomic E-state index is 13.1. The van der Waals surface area contributed by atoms with Gasteiger partial charge in [-0.2, -0.15) is 5.26 Å². The van der Waals surface area contributed by atoms with Gasteiger partial charge in [-0.05, 0) is 56.2 Å². The largest absolute Gasteiger partial charge is 0.497 e. The van der Waals surface area contributed by atoms with E-state index in [2.05, 4.69) is 35.5 Å². The number of hydrogen-bond donors (Lipinski definition) is 0. The van der Waals surface area contributed by atoms with Crippen molar-refractivity contribution in [1.82, 2.24) is 14.4 Å². The molecule has 0 unspecified atom stereocenters. The Bertz CT molecular complexity index is 1060. The first kappa shape index (κ1) is 24.4. The van der Waals surface area contributed by atoms with Crippen LogP contribution in [-0.4, -0.2) is 60.7 Å². The predicted octanol–water partition coefficient (Wildman–Crippen LogP) is 3.78. The van der Waals surface area contributed by atoms with Gasteiger partial charge in [0.1, 0.15) is 23.1 Å². The van der Waals surface area contributed by atoms with Gasteiger partial charge in [-0.1, -0.05) is 6.92 Å². The number of ether oxygens (including phenoxy) is 2. The zero-order chi connectivity index (χ0) is 24.0. The number of aryl methyl sites for hydroxylation is 1. The molecule has 1 amide bonds. The summed E-state index contributed by atoms with van der Waals surface area (Å²) in [6, 6.07) is 9.97. The van der Waals surface area contributed by atoms with Crippen LogP contribution in [0.2, 0.25) is 0 Å². The lowest BCUT2D eigenvalue weighted by atomic mass is 10.1. The lowest BCUT2D eigenvalue weighted by Gasteiger charge is -2.34. The molecule has 1 fully saturated rings. The van der Waals surface area contributed by atoms with Crippen molar-refractivity contribution in [1.29, 1.82) is 5.26 Å². The van der Waals surface area contributed by atoms with Crippen LogP contribution < -0.4 is 9.47 Å². The molecule has 0 N–H and O–H groups in total. The van der Waals surface area contributed by atoms with Crippen molar-refractivity contribution < 1.29 is 14.3 Å². The second-order valence-corrected chi connectivity index (χ2v) is 8.39. The SMILES string of the molecule is CCCn1c(C)cc(/C=C(\C#N)C(=O)N2CCN(Cc3cc(OC)ccc3OC)CC2)c1C. The Balaban J connectivity index is 1.67. The second-order valence-electron chi connectivity index (χ2n) is 8.39. The molecule has 1 aliphatic heterocycles. The number of benzene rings is 1. The zero-order valence-electron chi connectivity index (χ0n) is 20.4. The molecule has 0 spiro atoms. The molecule has 7 heteroatoms. The van der Waals surface area contributed by atoms with Crippen molar-refractivity contribution in [3.05, 3.63) is 52.4 Å². The van der Waals surface area contributed by atoms with E-state index in [0.717, 1.165) is 60.1 Å². The van der Waals surface area contributed by atoms with E-state index in [9.17, 15) is 10.1 Å². The molecule has 3 rings (SSSR count). The molecule has 1 saturated heterocycles. The first-order valence-corrected chi connectivity index (χ1v) is 11.4. The van der Waals surface area contributed by atoms with E-state index in [1.54, 1.807) is 25.2 Å². The molecular weight excluding hydrogens is 416 g/mol. The summed E-state index contributed by atoms with van der Waals surface area (Å²) in [6.07, 6.45) is 2.78. The first-order valence-electron chi connectivity index (χ1n) is 11.4. The molecular formula is C26H34N4O3. The van der Waals surface area contributed by atoms with Crippen LogP contribution >= 0.6 is 0 Å². The van der Waals surface area contributed by atoms with E-state index in [1.807, 2.05) is 25.1 Å². The van der Waals surface area contributed by atoms with E-state index in [1.165, 1.54) is 0 Å². The molecule has 7 nitrogen and oxygen atoms in total. The first-order chi connectivity index (χ1) is 15.9. The summed E-state index contributed by atoms with van der Waals surface area (Å²) in [5.41, 5.74) is 4.42. The van der Waals surface area contributed by atoms with Crippen LogP contribution in [0, 0.1) is 25.2 Å². The molecule has 1 aliphatic rings. The number of piperazine rings is 1. The van der Waals surface area contributed by atoms with E-state index in [0.29, 0.717) is 19.6 Å². The van der Waals surface area contributed by atoms with E-state index >= 15 is 0 Å². The van der Waals surface area contributed by atoms with Gasteiger partial charge in [-0.15, -0.1) is 0 Å². The number of carbonyl (C=O) groups is 1. The lowest BCUT2D eigenvalue weighted by Crippen LogP contribution is -2.48. The lowest BCUT2D eigenvalue weighted by molar-refractivity contribution is -0.128. The van der Waals surface area contributed by atoms with E-state index < -0.39 is 0 Å². The number of methoxy groups -OCH3 is 2. The Morgan fingerprint density at radius 3 is 2.45 bits per heavy atom. The van der Waals surface area contributed by atoms with Crippen molar-refractivity contribution in [2.75, 3.05) is 40.4 Å². The molecule has 0 radical (unpaired) electrons. The topological polar surface area (TPSA) is 70.7 Å². The van der Waals surface area contributed by atoms with Gasteiger partial charge in [0, 0.05) is 56.2 Å². The van der Waals surface area contributed by atoms with Gasteiger partial charge in [0.15, 0.2) is 0 Å². The van der Waals surface area contributed by atoms with Crippen LogP contribution in [0.5, 0.6) is 11.5 Å². The van der Waals surface area contributed by atoms with Crippen LogP contribution in [0.4, 0.5) is 0 Å². The number of aromatic nitrogens is 1. The summed E-state index contributed by atoms with van der Waals surface area (Å²) in [5.74, 6) is 1.42. The van der Waals surface area contributed by atoms with Gasteiger partial charge in [0.05, 0.1) is 14.2 Å². The average molecular weight is 451 g/mol. The highest BCUT2D eigenvalue weighted by molar-refractivity contribution is 6.01. The van der Waals surface area contributed by atoms with Gasteiger partial charge in [-0.3, -0.25) is 9.69 Å². The van der Waals surface area contributed by atoms with Crippen LogP contribution in [0.25, 0.3) is 6.08 Å². The zero-order valence-corrected chi connectivity index (χ0v) is 20.4. The monoisotopic (exact) mass is 450 g/mol. The van der Waals surface area contributed by atoms with Gasteiger partial charge >= 0.3 is 0 Å². The highest BCUT2D eigenvalue weighted by Gasteiger charge is 2.25. The van der Waals surface area contributed by atoms with Crippen LogP contribution in [0.15, 0.2) is 29.8 Å². The smallest absolute Gasteiger partial charge is 0.264 e. The van der Waals surface area contributed by atoms with Crippen molar-refractivity contribution in [3.63, 3.8) is 0 Å². The Kier molecular flexibility index (Phi) is 8.18. The summed E-state index contributed by atoms with van der Waals surface area (Å²) >= 11 is 0. The van der Waals surface area contributed by atoms with Gasteiger partial charge in [-0.25, -0.2) is 0 Å². The highest BCUT2D eigenvalue weighted by Crippen LogP contribution is 2.26.